The zero-order valence-corrected chi connectivity index (χ0v) is 12.2. The van der Waals surface area contributed by atoms with Crippen LogP contribution in [-0.4, -0.2) is 60.9 Å². The summed E-state index contributed by atoms with van der Waals surface area (Å²) in [7, 11) is 0. The largest absolute Gasteiger partial charge is 0.316 e. The van der Waals surface area contributed by atoms with Crippen LogP contribution in [0, 0.1) is 5.41 Å². The van der Waals surface area contributed by atoms with Crippen molar-refractivity contribution in [3.05, 3.63) is 0 Å². The molecule has 3 rings (SSSR count). The molecule has 3 aliphatic rings. The maximum Gasteiger partial charge on any atom is 0.229 e. The molecule has 3 heterocycles. The van der Waals surface area contributed by atoms with Crippen molar-refractivity contribution in [1.29, 1.82) is 0 Å². The van der Waals surface area contributed by atoms with E-state index in [1.54, 1.807) is 0 Å². The standard InChI is InChI=1S/C15H25N3O2/c19-13-3-4-14(20)18(13)10-9-17-8-2-6-15(12-17)5-1-7-16-11-15/h16H,1-12H2. The van der Waals surface area contributed by atoms with E-state index in [4.69, 9.17) is 0 Å². The van der Waals surface area contributed by atoms with Gasteiger partial charge in [-0.3, -0.25) is 14.5 Å². The molecule has 3 fully saturated rings. The topological polar surface area (TPSA) is 52.7 Å². The number of imide groups is 1. The summed E-state index contributed by atoms with van der Waals surface area (Å²) < 4.78 is 0. The number of rotatable bonds is 3. The molecule has 0 aliphatic carbocycles. The molecule has 3 aliphatic heterocycles. The minimum atomic E-state index is 0.0149. The molecule has 0 radical (unpaired) electrons. The number of amides is 2. The van der Waals surface area contributed by atoms with Gasteiger partial charge < -0.3 is 10.2 Å². The lowest BCUT2D eigenvalue weighted by atomic mass is 9.74. The summed E-state index contributed by atoms with van der Waals surface area (Å²) in [6.07, 6.45) is 5.97. The molecule has 5 heteroatoms. The molecule has 3 saturated heterocycles. The minimum Gasteiger partial charge on any atom is -0.316 e. The number of carbonyl (C=O) groups is 2. The summed E-state index contributed by atoms with van der Waals surface area (Å²) in [4.78, 5) is 27.2. The van der Waals surface area contributed by atoms with E-state index < -0.39 is 0 Å². The summed E-state index contributed by atoms with van der Waals surface area (Å²) in [6.45, 7) is 5.94. The van der Waals surface area contributed by atoms with Gasteiger partial charge >= 0.3 is 0 Å². The normalized spacial score (nSPS) is 32.3. The predicted octanol–water partition coefficient (Wildman–Crippen LogP) is 0.601. The summed E-state index contributed by atoms with van der Waals surface area (Å²) in [5.41, 5.74) is 0.440. The van der Waals surface area contributed by atoms with Crippen LogP contribution >= 0.6 is 0 Å². The fraction of sp³-hybridized carbons (Fsp3) is 0.867. The predicted molar refractivity (Wildman–Crippen MR) is 76.2 cm³/mol. The van der Waals surface area contributed by atoms with Crippen LogP contribution in [-0.2, 0) is 9.59 Å². The van der Waals surface area contributed by atoms with Crippen molar-refractivity contribution in [2.45, 2.75) is 38.5 Å². The lowest BCUT2D eigenvalue weighted by Crippen LogP contribution is -2.52. The van der Waals surface area contributed by atoms with Crippen LogP contribution in [0.3, 0.4) is 0 Å². The smallest absolute Gasteiger partial charge is 0.229 e. The number of nitrogens with one attached hydrogen (secondary N) is 1. The number of piperidine rings is 2. The SMILES string of the molecule is O=C1CCC(=O)N1CCN1CCCC2(CCCNC2)C1. The molecular formula is C15H25N3O2. The second kappa shape index (κ2) is 5.82. The summed E-state index contributed by atoms with van der Waals surface area (Å²) in [5, 5.41) is 3.53. The van der Waals surface area contributed by atoms with E-state index in [2.05, 4.69) is 10.2 Å². The first-order valence-electron chi connectivity index (χ1n) is 7.95. The van der Waals surface area contributed by atoms with E-state index in [1.165, 1.54) is 30.6 Å². The van der Waals surface area contributed by atoms with Crippen molar-refractivity contribution in [1.82, 2.24) is 15.1 Å². The molecule has 0 aromatic rings. The molecule has 0 bridgehead atoms. The van der Waals surface area contributed by atoms with Gasteiger partial charge in [-0.1, -0.05) is 0 Å². The highest BCUT2D eigenvalue weighted by atomic mass is 16.2. The lowest BCUT2D eigenvalue weighted by molar-refractivity contribution is -0.138. The third kappa shape index (κ3) is 2.88. The van der Waals surface area contributed by atoms with Gasteiger partial charge in [-0.25, -0.2) is 0 Å². The average molecular weight is 279 g/mol. The lowest BCUT2D eigenvalue weighted by Gasteiger charge is -2.45. The monoisotopic (exact) mass is 279 g/mol. The first-order chi connectivity index (χ1) is 9.69. The summed E-state index contributed by atoms with van der Waals surface area (Å²) >= 11 is 0. The summed E-state index contributed by atoms with van der Waals surface area (Å²) in [6, 6.07) is 0. The van der Waals surface area contributed by atoms with E-state index in [0.717, 1.165) is 32.7 Å². The van der Waals surface area contributed by atoms with Gasteiger partial charge in [0.15, 0.2) is 0 Å². The molecule has 0 aromatic carbocycles. The average Bonchev–Trinajstić information content (AvgIpc) is 2.77. The molecule has 2 amide bonds. The van der Waals surface area contributed by atoms with Crippen molar-refractivity contribution in [3.8, 4) is 0 Å². The molecule has 0 aromatic heterocycles. The Balaban J connectivity index is 1.52. The van der Waals surface area contributed by atoms with Crippen molar-refractivity contribution in [2.75, 3.05) is 39.3 Å². The van der Waals surface area contributed by atoms with Crippen LogP contribution < -0.4 is 5.32 Å². The second-order valence-corrected chi connectivity index (χ2v) is 6.60. The Morgan fingerprint density at radius 3 is 2.50 bits per heavy atom. The molecule has 0 saturated carbocycles. The first-order valence-corrected chi connectivity index (χ1v) is 7.95. The highest BCUT2D eigenvalue weighted by molar-refractivity contribution is 6.01. The Morgan fingerprint density at radius 2 is 1.80 bits per heavy atom. The molecule has 1 unspecified atom stereocenters. The molecule has 112 valence electrons. The van der Waals surface area contributed by atoms with Gasteiger partial charge in [0.1, 0.15) is 0 Å². The van der Waals surface area contributed by atoms with Gasteiger partial charge in [0.2, 0.25) is 11.8 Å². The Kier molecular flexibility index (Phi) is 4.08. The number of hydrogen-bond acceptors (Lipinski definition) is 4. The van der Waals surface area contributed by atoms with Crippen LogP contribution in [0.25, 0.3) is 0 Å². The van der Waals surface area contributed by atoms with Crippen molar-refractivity contribution >= 4 is 11.8 Å². The number of likely N-dealkylation sites (tertiary alicyclic amines) is 2. The van der Waals surface area contributed by atoms with E-state index in [0.29, 0.717) is 24.8 Å². The van der Waals surface area contributed by atoms with Crippen molar-refractivity contribution in [2.24, 2.45) is 5.41 Å². The van der Waals surface area contributed by atoms with E-state index in [9.17, 15) is 9.59 Å². The third-order valence-electron chi connectivity index (χ3n) is 5.10. The molecule has 1 atom stereocenters. The van der Waals surface area contributed by atoms with Crippen LogP contribution in [0.2, 0.25) is 0 Å². The van der Waals surface area contributed by atoms with Gasteiger partial charge in [0, 0.05) is 39.0 Å². The highest BCUT2D eigenvalue weighted by Gasteiger charge is 2.37. The van der Waals surface area contributed by atoms with Gasteiger partial charge in [-0.15, -0.1) is 0 Å². The number of carbonyl (C=O) groups excluding carboxylic acids is 2. The molecule has 1 N–H and O–H groups in total. The van der Waals surface area contributed by atoms with E-state index >= 15 is 0 Å². The van der Waals surface area contributed by atoms with Crippen molar-refractivity contribution < 1.29 is 9.59 Å². The maximum absolute atomic E-state index is 11.6. The first kappa shape index (κ1) is 14.0. The van der Waals surface area contributed by atoms with Crippen LogP contribution in [0.1, 0.15) is 38.5 Å². The van der Waals surface area contributed by atoms with E-state index in [1.807, 2.05) is 0 Å². The number of nitrogens with zero attached hydrogens (tertiary/aromatic N) is 2. The fourth-order valence-corrected chi connectivity index (χ4v) is 3.99. The molecular weight excluding hydrogens is 254 g/mol. The Labute approximate surface area is 120 Å². The second-order valence-electron chi connectivity index (χ2n) is 6.60. The van der Waals surface area contributed by atoms with Crippen LogP contribution in [0.5, 0.6) is 0 Å². The number of hydrogen-bond donors (Lipinski definition) is 1. The van der Waals surface area contributed by atoms with Crippen LogP contribution in [0.15, 0.2) is 0 Å². The Hall–Kier alpha value is -0.940. The van der Waals surface area contributed by atoms with Crippen LogP contribution in [0.4, 0.5) is 0 Å². The Morgan fingerprint density at radius 1 is 1.05 bits per heavy atom. The van der Waals surface area contributed by atoms with Crippen molar-refractivity contribution in [3.63, 3.8) is 0 Å². The molecule has 20 heavy (non-hydrogen) atoms. The third-order valence-corrected chi connectivity index (χ3v) is 5.10. The Bertz CT molecular complexity index is 369. The molecule has 1 spiro atoms. The van der Waals surface area contributed by atoms with Gasteiger partial charge in [0.05, 0.1) is 0 Å². The quantitative estimate of drug-likeness (QED) is 0.769. The zero-order chi connectivity index (χ0) is 14.0. The zero-order valence-electron chi connectivity index (χ0n) is 12.2. The minimum absolute atomic E-state index is 0.0149. The van der Waals surface area contributed by atoms with Gasteiger partial charge in [-0.05, 0) is 44.2 Å². The van der Waals surface area contributed by atoms with Gasteiger partial charge in [-0.2, -0.15) is 0 Å². The summed E-state index contributed by atoms with van der Waals surface area (Å²) in [5.74, 6) is 0.0297. The van der Waals surface area contributed by atoms with Gasteiger partial charge in [0.25, 0.3) is 0 Å². The fourth-order valence-electron chi connectivity index (χ4n) is 3.99. The highest BCUT2D eigenvalue weighted by Crippen LogP contribution is 2.35. The van der Waals surface area contributed by atoms with E-state index in [-0.39, 0.29) is 11.8 Å². The maximum atomic E-state index is 11.6. The molecule has 5 nitrogen and oxygen atoms in total.